The van der Waals surface area contributed by atoms with Gasteiger partial charge in [0.15, 0.2) is 0 Å². The van der Waals surface area contributed by atoms with Crippen molar-refractivity contribution in [3.8, 4) is 5.75 Å². The molecule has 1 amide bonds. The van der Waals surface area contributed by atoms with Crippen molar-refractivity contribution in [2.75, 3.05) is 13.2 Å². The highest BCUT2D eigenvalue weighted by Gasteiger charge is 2.28. The molecule has 0 heterocycles. The molecule has 0 saturated carbocycles. The molecule has 0 aromatic heterocycles. The number of benzene rings is 1. The largest absolute Gasteiger partial charge is 0.493 e. The summed E-state index contributed by atoms with van der Waals surface area (Å²) in [5, 5.41) is 3.03. The molecule has 118 valence electrons. The van der Waals surface area contributed by atoms with E-state index in [0.717, 1.165) is 5.75 Å². The molecule has 0 radical (unpaired) electrons. The SMILES string of the molecule is CC(C)COc1cccc(C(=O)NC(C)(CN)C(C)C)c1. The molecular formula is C17H28N2O2. The second kappa shape index (κ2) is 7.46. The summed E-state index contributed by atoms with van der Waals surface area (Å²) in [6.45, 7) is 11.3. The zero-order chi connectivity index (χ0) is 16.0. The Morgan fingerprint density at radius 3 is 2.52 bits per heavy atom. The number of hydrogen-bond donors (Lipinski definition) is 2. The maximum Gasteiger partial charge on any atom is 0.251 e. The molecule has 0 aliphatic rings. The molecule has 3 N–H and O–H groups in total. The second-order valence-electron chi connectivity index (χ2n) is 6.46. The summed E-state index contributed by atoms with van der Waals surface area (Å²) in [7, 11) is 0. The third-order valence-corrected chi connectivity index (χ3v) is 3.78. The first-order valence-electron chi connectivity index (χ1n) is 7.54. The lowest BCUT2D eigenvalue weighted by Gasteiger charge is -2.33. The fourth-order valence-electron chi connectivity index (χ4n) is 1.75. The Balaban J connectivity index is 2.81. The maximum atomic E-state index is 12.4. The van der Waals surface area contributed by atoms with Gasteiger partial charge < -0.3 is 15.8 Å². The highest BCUT2D eigenvalue weighted by atomic mass is 16.5. The predicted octanol–water partition coefficient (Wildman–Crippen LogP) is 2.82. The van der Waals surface area contributed by atoms with Gasteiger partial charge in [0.1, 0.15) is 5.75 Å². The number of ether oxygens (including phenoxy) is 1. The zero-order valence-corrected chi connectivity index (χ0v) is 13.8. The van der Waals surface area contributed by atoms with Crippen molar-refractivity contribution in [3.05, 3.63) is 29.8 Å². The molecule has 4 nitrogen and oxygen atoms in total. The van der Waals surface area contributed by atoms with Crippen LogP contribution in [0.5, 0.6) is 5.75 Å². The van der Waals surface area contributed by atoms with Gasteiger partial charge in [0.25, 0.3) is 5.91 Å². The smallest absolute Gasteiger partial charge is 0.251 e. The molecule has 0 aliphatic heterocycles. The molecule has 0 fully saturated rings. The van der Waals surface area contributed by atoms with Gasteiger partial charge >= 0.3 is 0 Å². The number of carbonyl (C=O) groups excluding carboxylic acids is 1. The molecular weight excluding hydrogens is 264 g/mol. The van der Waals surface area contributed by atoms with Gasteiger partial charge in [-0.05, 0) is 37.0 Å². The minimum atomic E-state index is -0.411. The van der Waals surface area contributed by atoms with E-state index < -0.39 is 5.54 Å². The van der Waals surface area contributed by atoms with E-state index in [9.17, 15) is 4.79 Å². The van der Waals surface area contributed by atoms with Gasteiger partial charge in [0.05, 0.1) is 12.1 Å². The third-order valence-electron chi connectivity index (χ3n) is 3.78. The van der Waals surface area contributed by atoms with Crippen molar-refractivity contribution >= 4 is 5.91 Å². The van der Waals surface area contributed by atoms with Crippen LogP contribution in [-0.2, 0) is 0 Å². The predicted molar refractivity (Wildman–Crippen MR) is 86.5 cm³/mol. The van der Waals surface area contributed by atoms with Crippen molar-refractivity contribution in [1.82, 2.24) is 5.32 Å². The Bertz CT molecular complexity index is 472. The first-order chi connectivity index (χ1) is 9.78. The van der Waals surface area contributed by atoms with Crippen LogP contribution < -0.4 is 15.8 Å². The maximum absolute atomic E-state index is 12.4. The Morgan fingerprint density at radius 1 is 1.33 bits per heavy atom. The monoisotopic (exact) mass is 292 g/mol. The molecule has 1 rings (SSSR count). The van der Waals surface area contributed by atoms with E-state index >= 15 is 0 Å². The van der Waals surface area contributed by atoms with Gasteiger partial charge in [-0.3, -0.25) is 4.79 Å². The number of amides is 1. The van der Waals surface area contributed by atoms with E-state index in [4.69, 9.17) is 10.5 Å². The van der Waals surface area contributed by atoms with Crippen LogP contribution in [0.1, 0.15) is 45.0 Å². The van der Waals surface area contributed by atoms with Crippen molar-refractivity contribution in [1.29, 1.82) is 0 Å². The standard InChI is InChI=1S/C17H28N2O2/c1-12(2)10-21-15-8-6-7-14(9-15)16(20)19-17(5,11-18)13(3)4/h6-9,12-13H,10-11,18H2,1-5H3,(H,19,20). The molecule has 0 bridgehead atoms. The summed E-state index contributed by atoms with van der Waals surface area (Å²) in [6, 6.07) is 7.26. The van der Waals surface area contributed by atoms with Crippen molar-refractivity contribution in [3.63, 3.8) is 0 Å². The topological polar surface area (TPSA) is 64.3 Å². The zero-order valence-electron chi connectivity index (χ0n) is 13.8. The fraction of sp³-hybridized carbons (Fsp3) is 0.588. The van der Waals surface area contributed by atoms with Gasteiger partial charge in [0.2, 0.25) is 0 Å². The molecule has 0 aliphatic carbocycles. The van der Waals surface area contributed by atoms with E-state index in [1.807, 2.05) is 19.1 Å². The normalized spacial score (nSPS) is 14.1. The number of carbonyl (C=O) groups is 1. The van der Waals surface area contributed by atoms with Crippen LogP contribution in [-0.4, -0.2) is 24.6 Å². The van der Waals surface area contributed by atoms with Gasteiger partial charge in [-0.15, -0.1) is 0 Å². The molecule has 0 spiro atoms. The van der Waals surface area contributed by atoms with Gasteiger partial charge in [-0.25, -0.2) is 0 Å². The van der Waals surface area contributed by atoms with Crippen LogP contribution in [0, 0.1) is 11.8 Å². The van der Waals surface area contributed by atoms with E-state index in [0.29, 0.717) is 24.6 Å². The molecule has 1 aromatic carbocycles. The third kappa shape index (κ3) is 5.05. The summed E-state index contributed by atoms with van der Waals surface area (Å²) in [5.41, 5.74) is 5.99. The van der Waals surface area contributed by atoms with Crippen LogP contribution >= 0.6 is 0 Å². The quantitative estimate of drug-likeness (QED) is 0.812. The summed E-state index contributed by atoms with van der Waals surface area (Å²) < 4.78 is 5.66. The minimum Gasteiger partial charge on any atom is -0.493 e. The van der Waals surface area contributed by atoms with E-state index in [-0.39, 0.29) is 11.8 Å². The summed E-state index contributed by atoms with van der Waals surface area (Å²) in [6.07, 6.45) is 0. The summed E-state index contributed by atoms with van der Waals surface area (Å²) >= 11 is 0. The Labute approximate surface area is 128 Å². The van der Waals surface area contributed by atoms with E-state index in [1.165, 1.54) is 0 Å². The van der Waals surface area contributed by atoms with Crippen LogP contribution in [0.4, 0.5) is 0 Å². The lowest BCUT2D eigenvalue weighted by atomic mass is 9.88. The summed E-state index contributed by atoms with van der Waals surface area (Å²) in [4.78, 5) is 12.4. The molecule has 1 aromatic rings. The van der Waals surface area contributed by atoms with Crippen molar-refractivity contribution in [2.24, 2.45) is 17.6 Å². The lowest BCUT2D eigenvalue weighted by molar-refractivity contribution is 0.0882. The van der Waals surface area contributed by atoms with Crippen LogP contribution in [0.15, 0.2) is 24.3 Å². The van der Waals surface area contributed by atoms with Gasteiger partial charge in [0, 0.05) is 12.1 Å². The molecule has 21 heavy (non-hydrogen) atoms. The van der Waals surface area contributed by atoms with Crippen LogP contribution in [0.2, 0.25) is 0 Å². The average molecular weight is 292 g/mol. The molecule has 4 heteroatoms. The van der Waals surface area contributed by atoms with Crippen molar-refractivity contribution in [2.45, 2.75) is 40.2 Å². The number of nitrogens with two attached hydrogens (primary N) is 1. The molecule has 1 atom stereocenters. The van der Waals surface area contributed by atoms with Gasteiger partial charge in [-0.1, -0.05) is 33.8 Å². The Hall–Kier alpha value is -1.55. The Morgan fingerprint density at radius 2 is 2.00 bits per heavy atom. The first kappa shape index (κ1) is 17.5. The number of nitrogens with one attached hydrogen (secondary N) is 1. The Kier molecular flexibility index (Phi) is 6.21. The first-order valence-corrected chi connectivity index (χ1v) is 7.54. The van der Waals surface area contributed by atoms with Crippen LogP contribution in [0.25, 0.3) is 0 Å². The number of hydrogen-bond acceptors (Lipinski definition) is 3. The summed E-state index contributed by atoms with van der Waals surface area (Å²) in [5.74, 6) is 1.30. The number of rotatable bonds is 7. The average Bonchev–Trinajstić information content (AvgIpc) is 2.45. The fourth-order valence-corrected chi connectivity index (χ4v) is 1.75. The lowest BCUT2D eigenvalue weighted by Crippen LogP contribution is -2.55. The van der Waals surface area contributed by atoms with Crippen molar-refractivity contribution < 1.29 is 9.53 Å². The van der Waals surface area contributed by atoms with E-state index in [1.54, 1.807) is 12.1 Å². The van der Waals surface area contributed by atoms with Crippen LogP contribution in [0.3, 0.4) is 0 Å². The molecule has 0 saturated heterocycles. The van der Waals surface area contributed by atoms with Gasteiger partial charge in [-0.2, -0.15) is 0 Å². The second-order valence-corrected chi connectivity index (χ2v) is 6.46. The highest BCUT2D eigenvalue weighted by Crippen LogP contribution is 2.18. The highest BCUT2D eigenvalue weighted by molar-refractivity contribution is 5.95. The minimum absolute atomic E-state index is 0.119. The molecule has 1 unspecified atom stereocenters. The van der Waals surface area contributed by atoms with E-state index in [2.05, 4.69) is 33.0 Å².